The van der Waals surface area contributed by atoms with Crippen LogP contribution in [0.25, 0.3) is 0 Å². The summed E-state index contributed by atoms with van der Waals surface area (Å²) in [7, 11) is 8.02. The van der Waals surface area contributed by atoms with Crippen molar-refractivity contribution >= 4 is 11.8 Å². The monoisotopic (exact) mass is 334 g/mol. The van der Waals surface area contributed by atoms with Gasteiger partial charge in [0, 0.05) is 24.2 Å². The molecule has 24 heavy (non-hydrogen) atoms. The van der Waals surface area contributed by atoms with Crippen LogP contribution < -0.4 is 10.6 Å². The Hall–Kier alpha value is -1.92. The Kier molecular flexibility index (Phi) is 9.04. The molecule has 6 heteroatoms. The van der Waals surface area contributed by atoms with Gasteiger partial charge in [0.25, 0.3) is 11.8 Å². The SMILES string of the molecule is CN(C)CCCNC(=O)c1ccc(C(=O)NCCCN(C)C)cc1. The van der Waals surface area contributed by atoms with Crippen LogP contribution in [0.15, 0.2) is 24.3 Å². The van der Waals surface area contributed by atoms with Crippen molar-refractivity contribution in [1.82, 2.24) is 20.4 Å². The van der Waals surface area contributed by atoms with Crippen LogP contribution in [0, 0.1) is 0 Å². The van der Waals surface area contributed by atoms with Crippen molar-refractivity contribution in [3.63, 3.8) is 0 Å². The molecular weight excluding hydrogens is 304 g/mol. The smallest absolute Gasteiger partial charge is 0.251 e. The van der Waals surface area contributed by atoms with Crippen molar-refractivity contribution < 1.29 is 9.59 Å². The Bertz CT molecular complexity index is 465. The normalized spacial score (nSPS) is 10.9. The van der Waals surface area contributed by atoms with E-state index in [0.29, 0.717) is 24.2 Å². The third-order valence-electron chi connectivity index (χ3n) is 3.54. The number of carbonyl (C=O) groups excluding carboxylic acids is 2. The van der Waals surface area contributed by atoms with Crippen LogP contribution in [-0.4, -0.2) is 76.0 Å². The van der Waals surface area contributed by atoms with Crippen LogP contribution in [0.2, 0.25) is 0 Å². The summed E-state index contributed by atoms with van der Waals surface area (Å²) < 4.78 is 0. The minimum Gasteiger partial charge on any atom is -0.352 e. The van der Waals surface area contributed by atoms with E-state index >= 15 is 0 Å². The first kappa shape index (κ1) is 20.1. The van der Waals surface area contributed by atoms with E-state index in [1.54, 1.807) is 24.3 Å². The second-order valence-electron chi connectivity index (χ2n) is 6.40. The molecule has 0 aliphatic carbocycles. The van der Waals surface area contributed by atoms with Crippen LogP contribution in [0.4, 0.5) is 0 Å². The highest BCUT2D eigenvalue weighted by molar-refractivity contribution is 5.97. The van der Waals surface area contributed by atoms with E-state index in [4.69, 9.17) is 0 Å². The number of hydrogen-bond acceptors (Lipinski definition) is 4. The third-order valence-corrected chi connectivity index (χ3v) is 3.54. The molecule has 0 saturated heterocycles. The molecule has 6 nitrogen and oxygen atoms in total. The van der Waals surface area contributed by atoms with Crippen LogP contribution in [-0.2, 0) is 0 Å². The lowest BCUT2D eigenvalue weighted by Gasteiger charge is -2.11. The Labute approximate surface area is 145 Å². The van der Waals surface area contributed by atoms with E-state index in [-0.39, 0.29) is 11.8 Å². The van der Waals surface area contributed by atoms with Gasteiger partial charge in [-0.25, -0.2) is 0 Å². The molecule has 0 fully saturated rings. The highest BCUT2D eigenvalue weighted by Crippen LogP contribution is 2.04. The number of benzene rings is 1. The summed E-state index contributed by atoms with van der Waals surface area (Å²) in [5.41, 5.74) is 1.15. The van der Waals surface area contributed by atoms with Gasteiger partial charge in [-0.05, 0) is 78.4 Å². The summed E-state index contributed by atoms with van der Waals surface area (Å²) in [6.45, 7) is 3.16. The van der Waals surface area contributed by atoms with Crippen molar-refractivity contribution in [2.45, 2.75) is 12.8 Å². The van der Waals surface area contributed by atoms with Gasteiger partial charge >= 0.3 is 0 Å². The molecule has 134 valence electrons. The molecule has 0 aliphatic rings. The maximum atomic E-state index is 12.0. The topological polar surface area (TPSA) is 64.7 Å². The van der Waals surface area contributed by atoms with Crippen molar-refractivity contribution in [2.75, 3.05) is 54.4 Å². The van der Waals surface area contributed by atoms with Crippen molar-refractivity contribution in [3.05, 3.63) is 35.4 Å². The highest BCUT2D eigenvalue weighted by atomic mass is 16.2. The maximum Gasteiger partial charge on any atom is 0.251 e. The predicted octanol–water partition coefficient (Wildman–Crippen LogP) is 1.05. The van der Waals surface area contributed by atoms with Gasteiger partial charge in [0.05, 0.1) is 0 Å². The van der Waals surface area contributed by atoms with Gasteiger partial charge in [0.15, 0.2) is 0 Å². The van der Waals surface area contributed by atoms with Gasteiger partial charge in [-0.3, -0.25) is 9.59 Å². The fraction of sp³-hybridized carbons (Fsp3) is 0.556. The number of rotatable bonds is 10. The fourth-order valence-electron chi connectivity index (χ4n) is 2.17. The Morgan fingerprint density at radius 2 is 1.08 bits per heavy atom. The van der Waals surface area contributed by atoms with Crippen LogP contribution in [0.3, 0.4) is 0 Å². The highest BCUT2D eigenvalue weighted by Gasteiger charge is 2.08. The van der Waals surface area contributed by atoms with Crippen LogP contribution in [0.1, 0.15) is 33.6 Å². The minimum atomic E-state index is -0.105. The van der Waals surface area contributed by atoms with E-state index in [9.17, 15) is 9.59 Å². The largest absolute Gasteiger partial charge is 0.352 e. The number of hydrogen-bond donors (Lipinski definition) is 2. The van der Waals surface area contributed by atoms with E-state index in [1.807, 2.05) is 28.2 Å². The molecule has 0 saturated carbocycles. The van der Waals surface area contributed by atoms with Gasteiger partial charge in [-0.1, -0.05) is 0 Å². The predicted molar refractivity (Wildman–Crippen MR) is 97.5 cm³/mol. The first-order chi connectivity index (χ1) is 11.4. The number of nitrogens with one attached hydrogen (secondary N) is 2. The summed E-state index contributed by atoms with van der Waals surface area (Å²) in [5, 5.41) is 5.77. The van der Waals surface area contributed by atoms with Gasteiger partial charge < -0.3 is 20.4 Å². The molecule has 0 aliphatic heterocycles. The molecule has 0 bridgehead atoms. The molecule has 1 aromatic carbocycles. The molecule has 1 aromatic rings. The molecule has 2 N–H and O–H groups in total. The maximum absolute atomic E-state index is 12.0. The fourth-order valence-corrected chi connectivity index (χ4v) is 2.17. The number of nitrogens with zero attached hydrogens (tertiary/aromatic N) is 2. The van der Waals surface area contributed by atoms with Gasteiger partial charge in [0.1, 0.15) is 0 Å². The van der Waals surface area contributed by atoms with Gasteiger partial charge in [0.2, 0.25) is 0 Å². The Balaban J connectivity index is 2.38. The zero-order valence-electron chi connectivity index (χ0n) is 15.3. The van der Waals surface area contributed by atoms with Gasteiger partial charge in [-0.2, -0.15) is 0 Å². The van der Waals surface area contributed by atoms with Crippen molar-refractivity contribution in [1.29, 1.82) is 0 Å². The molecule has 0 heterocycles. The van der Waals surface area contributed by atoms with Crippen molar-refractivity contribution in [2.24, 2.45) is 0 Å². The average Bonchev–Trinajstić information content (AvgIpc) is 2.55. The summed E-state index contributed by atoms with van der Waals surface area (Å²) in [5.74, 6) is -0.210. The summed E-state index contributed by atoms with van der Waals surface area (Å²) >= 11 is 0. The molecule has 0 unspecified atom stereocenters. The first-order valence-corrected chi connectivity index (χ1v) is 8.36. The van der Waals surface area contributed by atoms with Gasteiger partial charge in [-0.15, -0.1) is 0 Å². The summed E-state index contributed by atoms with van der Waals surface area (Å²) in [6.07, 6.45) is 1.82. The Morgan fingerprint density at radius 1 is 0.750 bits per heavy atom. The second kappa shape index (κ2) is 10.8. The number of amides is 2. The van der Waals surface area contributed by atoms with E-state index < -0.39 is 0 Å². The second-order valence-corrected chi connectivity index (χ2v) is 6.40. The molecule has 0 spiro atoms. The molecular formula is C18H30N4O2. The molecule has 2 amide bonds. The van der Waals surface area contributed by atoms with Crippen LogP contribution in [0.5, 0.6) is 0 Å². The molecule has 1 rings (SSSR count). The number of carbonyl (C=O) groups is 2. The minimum absolute atomic E-state index is 0.105. The molecule has 0 atom stereocenters. The summed E-state index contributed by atoms with van der Waals surface area (Å²) in [4.78, 5) is 28.2. The van der Waals surface area contributed by atoms with Crippen LogP contribution >= 0.6 is 0 Å². The zero-order chi connectivity index (χ0) is 17.9. The quantitative estimate of drug-likeness (QED) is 0.628. The van der Waals surface area contributed by atoms with E-state index in [1.165, 1.54) is 0 Å². The zero-order valence-corrected chi connectivity index (χ0v) is 15.3. The summed E-state index contributed by atoms with van der Waals surface area (Å²) in [6, 6.07) is 6.76. The lowest BCUT2D eigenvalue weighted by Crippen LogP contribution is -2.28. The van der Waals surface area contributed by atoms with Crippen molar-refractivity contribution in [3.8, 4) is 0 Å². The third kappa shape index (κ3) is 8.08. The lowest BCUT2D eigenvalue weighted by molar-refractivity contribution is 0.0940. The molecule has 0 radical (unpaired) electrons. The lowest BCUT2D eigenvalue weighted by atomic mass is 10.1. The first-order valence-electron chi connectivity index (χ1n) is 8.36. The Morgan fingerprint density at radius 3 is 1.38 bits per heavy atom. The standard InChI is InChI=1S/C18H30N4O2/c1-21(2)13-5-11-19-17(23)15-7-9-16(10-8-15)18(24)20-12-6-14-22(3)4/h7-10H,5-6,11-14H2,1-4H3,(H,19,23)(H,20,24). The average molecular weight is 334 g/mol. The molecule has 0 aromatic heterocycles. The van der Waals surface area contributed by atoms with E-state index in [2.05, 4.69) is 20.4 Å². The van der Waals surface area contributed by atoms with E-state index in [0.717, 1.165) is 25.9 Å².